The number of fused-ring (bicyclic) bond motifs is 3. The van der Waals surface area contributed by atoms with Crippen molar-refractivity contribution in [2.45, 2.75) is 31.6 Å². The van der Waals surface area contributed by atoms with Crippen LogP contribution in [0.25, 0.3) is 54.6 Å². The predicted molar refractivity (Wildman–Crippen MR) is 155 cm³/mol. The van der Waals surface area contributed by atoms with Gasteiger partial charge in [-0.2, -0.15) is 0 Å². The number of aliphatic hydroxyl groups is 2. The number of hydrogen-bond acceptors (Lipinski definition) is 2. The largest absolute Gasteiger partial charge is 0.395 e. The first-order chi connectivity index (χ1) is 17.9. The lowest BCUT2D eigenvalue weighted by atomic mass is 9.78. The van der Waals surface area contributed by atoms with E-state index >= 15 is 0 Å². The topological polar surface area (TPSA) is 40.5 Å². The molecule has 2 N–H and O–H groups in total. The van der Waals surface area contributed by atoms with Crippen LogP contribution in [-0.2, 0) is 10.8 Å². The Morgan fingerprint density at radius 2 is 1.22 bits per heavy atom. The molecule has 7 rings (SSSR count). The Bertz CT molecular complexity index is 1810. The van der Waals surface area contributed by atoms with E-state index in [-0.39, 0.29) is 18.6 Å². The molecular formula is C35H30O2. The second-order valence-electron chi connectivity index (χ2n) is 11.6. The lowest BCUT2D eigenvalue weighted by molar-refractivity contribution is 0.146. The van der Waals surface area contributed by atoms with Crippen molar-refractivity contribution < 1.29 is 10.2 Å². The van der Waals surface area contributed by atoms with Gasteiger partial charge >= 0.3 is 0 Å². The van der Waals surface area contributed by atoms with Gasteiger partial charge in [0, 0.05) is 0 Å². The minimum absolute atomic E-state index is 0.0868. The van der Waals surface area contributed by atoms with E-state index in [1.54, 1.807) is 0 Å². The van der Waals surface area contributed by atoms with Gasteiger partial charge in [-0.25, -0.2) is 0 Å². The fraction of sp³-hybridized carbons (Fsp3) is 0.200. The van der Waals surface area contributed by atoms with E-state index < -0.39 is 5.41 Å². The number of aliphatic hydroxyl groups excluding tert-OH is 2. The Labute approximate surface area is 217 Å². The zero-order valence-electron chi connectivity index (χ0n) is 21.5. The fourth-order valence-electron chi connectivity index (χ4n) is 6.52. The fourth-order valence-corrected chi connectivity index (χ4v) is 6.52. The lowest BCUT2D eigenvalue weighted by Gasteiger charge is -2.27. The highest BCUT2D eigenvalue weighted by molar-refractivity contribution is 6.25. The van der Waals surface area contributed by atoms with E-state index in [2.05, 4.69) is 93.6 Å². The summed E-state index contributed by atoms with van der Waals surface area (Å²) in [7, 11) is 0. The Balaban J connectivity index is 1.49. The molecular weight excluding hydrogens is 452 g/mol. The molecule has 0 fully saturated rings. The second kappa shape index (κ2) is 7.64. The quantitative estimate of drug-likeness (QED) is 0.253. The van der Waals surface area contributed by atoms with Gasteiger partial charge in [0.1, 0.15) is 0 Å². The molecule has 0 saturated carbocycles. The summed E-state index contributed by atoms with van der Waals surface area (Å²) in [4.78, 5) is 0. The molecule has 0 spiro atoms. The highest BCUT2D eigenvalue weighted by Gasteiger charge is 2.42. The summed E-state index contributed by atoms with van der Waals surface area (Å²) in [6.07, 6.45) is 0. The molecule has 37 heavy (non-hydrogen) atoms. The molecule has 6 aromatic carbocycles. The maximum atomic E-state index is 10.5. The van der Waals surface area contributed by atoms with Crippen molar-refractivity contribution in [1.82, 2.24) is 0 Å². The smallest absolute Gasteiger partial charge is 0.0676 e. The van der Waals surface area contributed by atoms with Crippen LogP contribution in [-0.4, -0.2) is 23.4 Å². The number of rotatable bonds is 3. The predicted octanol–water partition coefficient (Wildman–Crippen LogP) is 7.80. The molecule has 1 aliphatic rings. The first-order valence-electron chi connectivity index (χ1n) is 13.0. The van der Waals surface area contributed by atoms with Crippen LogP contribution in [0.15, 0.2) is 91.0 Å². The van der Waals surface area contributed by atoms with Gasteiger partial charge in [-0.3, -0.25) is 0 Å². The minimum atomic E-state index is -0.797. The van der Waals surface area contributed by atoms with E-state index in [1.165, 1.54) is 43.4 Å². The zero-order valence-corrected chi connectivity index (χ0v) is 21.5. The number of benzene rings is 6. The maximum Gasteiger partial charge on any atom is 0.0676 e. The van der Waals surface area contributed by atoms with Crippen LogP contribution >= 0.6 is 0 Å². The minimum Gasteiger partial charge on any atom is -0.395 e. The van der Waals surface area contributed by atoms with Gasteiger partial charge in [0.05, 0.1) is 18.6 Å². The van der Waals surface area contributed by atoms with Gasteiger partial charge < -0.3 is 10.2 Å². The normalized spacial score (nSPS) is 14.5. The van der Waals surface area contributed by atoms with Crippen LogP contribution in [0.1, 0.15) is 37.5 Å². The van der Waals surface area contributed by atoms with Crippen molar-refractivity contribution in [3.63, 3.8) is 0 Å². The summed E-state index contributed by atoms with van der Waals surface area (Å²) in [6, 6.07) is 32.8. The highest BCUT2D eigenvalue weighted by atomic mass is 16.3. The van der Waals surface area contributed by atoms with E-state index in [4.69, 9.17) is 0 Å². The maximum absolute atomic E-state index is 10.5. The Morgan fingerprint density at radius 3 is 1.95 bits per heavy atom. The third-order valence-corrected chi connectivity index (χ3v) is 8.58. The van der Waals surface area contributed by atoms with Crippen molar-refractivity contribution in [2.24, 2.45) is 0 Å². The Kier molecular flexibility index (Phi) is 4.64. The molecule has 182 valence electrons. The first kappa shape index (κ1) is 22.5. The monoisotopic (exact) mass is 482 g/mol. The van der Waals surface area contributed by atoms with Crippen LogP contribution in [0.2, 0.25) is 0 Å². The summed E-state index contributed by atoms with van der Waals surface area (Å²) in [5.74, 6) is 0. The zero-order chi connectivity index (χ0) is 25.5. The SMILES string of the molecule is CC(C)(C)c1cc2ccc3ccc(-c4ccc5c(c4)C(CO)(CO)c4ccccc4-5)c4ccc(c1)c2c34. The molecule has 0 amide bonds. The van der Waals surface area contributed by atoms with Gasteiger partial charge in [-0.1, -0.05) is 106 Å². The van der Waals surface area contributed by atoms with Crippen molar-refractivity contribution >= 4 is 32.3 Å². The summed E-state index contributed by atoms with van der Waals surface area (Å²) in [5.41, 5.74) is 7.09. The van der Waals surface area contributed by atoms with Crippen molar-refractivity contribution in [2.75, 3.05) is 13.2 Å². The highest BCUT2D eigenvalue weighted by Crippen LogP contribution is 2.50. The van der Waals surface area contributed by atoms with E-state index in [9.17, 15) is 10.2 Å². The number of hydrogen-bond donors (Lipinski definition) is 2. The van der Waals surface area contributed by atoms with Gasteiger partial charge in [0.25, 0.3) is 0 Å². The molecule has 0 aromatic heterocycles. The van der Waals surface area contributed by atoms with Crippen LogP contribution in [0.4, 0.5) is 0 Å². The third-order valence-electron chi connectivity index (χ3n) is 8.58. The molecule has 0 aliphatic heterocycles. The van der Waals surface area contributed by atoms with Crippen LogP contribution in [0.5, 0.6) is 0 Å². The van der Waals surface area contributed by atoms with Crippen LogP contribution < -0.4 is 0 Å². The summed E-state index contributed by atoms with van der Waals surface area (Å²) in [6.45, 7) is 6.53. The molecule has 0 bridgehead atoms. The molecule has 6 aromatic rings. The molecule has 2 nitrogen and oxygen atoms in total. The van der Waals surface area contributed by atoms with Crippen LogP contribution in [0, 0.1) is 0 Å². The first-order valence-corrected chi connectivity index (χ1v) is 13.0. The van der Waals surface area contributed by atoms with Gasteiger partial charge in [-0.15, -0.1) is 0 Å². The molecule has 0 radical (unpaired) electrons. The summed E-state index contributed by atoms with van der Waals surface area (Å²) in [5, 5.41) is 28.7. The van der Waals surface area contributed by atoms with Gasteiger partial charge in [0.2, 0.25) is 0 Å². The second-order valence-corrected chi connectivity index (χ2v) is 11.6. The average molecular weight is 483 g/mol. The van der Waals surface area contributed by atoms with E-state index in [0.717, 1.165) is 27.8 Å². The van der Waals surface area contributed by atoms with Crippen molar-refractivity contribution in [1.29, 1.82) is 0 Å². The van der Waals surface area contributed by atoms with Crippen molar-refractivity contribution in [3.05, 3.63) is 108 Å². The Morgan fingerprint density at radius 1 is 0.595 bits per heavy atom. The van der Waals surface area contributed by atoms with Crippen LogP contribution in [0.3, 0.4) is 0 Å². The summed E-state index contributed by atoms with van der Waals surface area (Å²) < 4.78 is 0. The molecule has 2 heteroatoms. The van der Waals surface area contributed by atoms with Gasteiger partial charge in [-0.05, 0) is 82.7 Å². The Hall–Kier alpha value is -3.72. The molecule has 1 aliphatic carbocycles. The van der Waals surface area contributed by atoms with Crippen molar-refractivity contribution in [3.8, 4) is 22.3 Å². The molecule has 0 unspecified atom stereocenters. The standard InChI is InChI=1S/C35H30O2/c1-34(2,3)25-16-23-9-8-21-10-13-26(29-15-12-24(17-25)32(23)33(21)29)22-11-14-28-27-6-4-5-7-30(27)35(19-36,20-37)31(28)18-22/h4-18,36-37H,19-20H2,1-3H3. The van der Waals surface area contributed by atoms with E-state index in [1.807, 2.05) is 18.2 Å². The molecule has 0 heterocycles. The van der Waals surface area contributed by atoms with Gasteiger partial charge in [0.15, 0.2) is 0 Å². The lowest BCUT2D eigenvalue weighted by Crippen LogP contribution is -2.34. The van der Waals surface area contributed by atoms with E-state index in [0.29, 0.717) is 0 Å². The molecule has 0 atom stereocenters. The summed E-state index contributed by atoms with van der Waals surface area (Å²) >= 11 is 0. The average Bonchev–Trinajstić information content (AvgIpc) is 3.20. The third kappa shape index (κ3) is 3.00. The molecule has 0 saturated heterocycles.